The smallest absolute Gasteiger partial charge is 0.123 e. The molecule has 1 aliphatic rings. The third-order valence-electron chi connectivity index (χ3n) is 4.03. The molecule has 3 nitrogen and oxygen atoms in total. The molecule has 0 aliphatic carbocycles. The Morgan fingerprint density at radius 3 is 3.00 bits per heavy atom. The number of nitriles is 1. The largest absolute Gasteiger partial charge is 0.329 e. The predicted octanol–water partition coefficient (Wildman–Crippen LogP) is 2.26. The number of hydrogen-bond donors (Lipinski definition) is 1. The lowest BCUT2D eigenvalue weighted by Gasteiger charge is -2.39. The molecular formula is C15H20FN3. The van der Waals surface area contributed by atoms with Crippen LogP contribution in [0.15, 0.2) is 18.2 Å². The molecule has 4 heteroatoms. The molecule has 1 heterocycles. The van der Waals surface area contributed by atoms with E-state index in [0.717, 1.165) is 18.5 Å². The first-order valence-corrected chi connectivity index (χ1v) is 6.78. The van der Waals surface area contributed by atoms with Crippen LogP contribution in [-0.4, -0.2) is 24.0 Å². The quantitative estimate of drug-likeness (QED) is 0.908. The summed E-state index contributed by atoms with van der Waals surface area (Å²) < 4.78 is 13.3. The van der Waals surface area contributed by atoms with E-state index in [1.54, 1.807) is 6.07 Å². The number of nitrogens with zero attached hydrogens (tertiary/aromatic N) is 2. The molecule has 2 N–H and O–H groups in total. The van der Waals surface area contributed by atoms with Gasteiger partial charge in [-0.05, 0) is 49.1 Å². The van der Waals surface area contributed by atoms with Crippen molar-refractivity contribution in [2.24, 2.45) is 11.7 Å². The van der Waals surface area contributed by atoms with Gasteiger partial charge in [0.25, 0.3) is 0 Å². The van der Waals surface area contributed by atoms with Crippen molar-refractivity contribution in [2.45, 2.75) is 32.4 Å². The molecule has 0 amide bonds. The third kappa shape index (κ3) is 3.12. The highest BCUT2D eigenvalue weighted by Gasteiger charge is 2.27. The van der Waals surface area contributed by atoms with Crippen LogP contribution in [0, 0.1) is 23.1 Å². The van der Waals surface area contributed by atoms with Crippen molar-refractivity contribution in [2.75, 3.05) is 13.1 Å². The molecule has 0 aromatic heterocycles. The maximum absolute atomic E-state index is 13.3. The minimum atomic E-state index is -0.289. The average molecular weight is 261 g/mol. The zero-order chi connectivity index (χ0) is 13.8. The molecule has 2 unspecified atom stereocenters. The van der Waals surface area contributed by atoms with Crippen LogP contribution in [0.25, 0.3) is 0 Å². The van der Waals surface area contributed by atoms with E-state index in [9.17, 15) is 4.39 Å². The van der Waals surface area contributed by atoms with Gasteiger partial charge in [-0.2, -0.15) is 5.26 Å². The van der Waals surface area contributed by atoms with E-state index in [2.05, 4.69) is 17.9 Å². The van der Waals surface area contributed by atoms with Gasteiger partial charge in [0, 0.05) is 19.1 Å². The Bertz CT molecular complexity index is 481. The van der Waals surface area contributed by atoms with Gasteiger partial charge in [-0.1, -0.05) is 6.92 Å². The fraction of sp³-hybridized carbons (Fsp3) is 0.533. The molecule has 1 saturated heterocycles. The number of piperidine rings is 1. The van der Waals surface area contributed by atoms with Crippen LogP contribution in [-0.2, 0) is 6.54 Å². The van der Waals surface area contributed by atoms with Gasteiger partial charge in [-0.15, -0.1) is 0 Å². The summed E-state index contributed by atoms with van der Waals surface area (Å²) in [5.74, 6) is 0.265. The van der Waals surface area contributed by atoms with Gasteiger partial charge in [0.2, 0.25) is 0 Å². The lowest BCUT2D eigenvalue weighted by Crippen LogP contribution is -2.48. The molecular weight excluding hydrogens is 241 g/mol. The van der Waals surface area contributed by atoms with E-state index < -0.39 is 0 Å². The minimum Gasteiger partial charge on any atom is -0.329 e. The van der Waals surface area contributed by atoms with Gasteiger partial charge >= 0.3 is 0 Å². The van der Waals surface area contributed by atoms with Crippen molar-refractivity contribution < 1.29 is 4.39 Å². The Morgan fingerprint density at radius 1 is 1.53 bits per heavy atom. The molecule has 102 valence electrons. The molecule has 1 aromatic rings. The summed E-state index contributed by atoms with van der Waals surface area (Å²) in [4.78, 5) is 2.28. The zero-order valence-corrected chi connectivity index (χ0v) is 11.3. The van der Waals surface area contributed by atoms with Crippen molar-refractivity contribution in [1.82, 2.24) is 4.90 Å². The van der Waals surface area contributed by atoms with Crippen molar-refractivity contribution in [3.8, 4) is 6.07 Å². The van der Waals surface area contributed by atoms with Crippen LogP contribution in [0.3, 0.4) is 0 Å². The molecule has 2 rings (SSSR count). The number of rotatable bonds is 3. The number of halogens is 1. The van der Waals surface area contributed by atoms with Gasteiger partial charge in [0.05, 0.1) is 11.6 Å². The topological polar surface area (TPSA) is 53.0 Å². The molecule has 0 saturated carbocycles. The maximum Gasteiger partial charge on any atom is 0.123 e. The van der Waals surface area contributed by atoms with Crippen LogP contribution in [0.2, 0.25) is 0 Å². The Labute approximate surface area is 113 Å². The van der Waals surface area contributed by atoms with Crippen molar-refractivity contribution in [3.63, 3.8) is 0 Å². The van der Waals surface area contributed by atoms with E-state index >= 15 is 0 Å². The second-order valence-corrected chi connectivity index (χ2v) is 5.31. The van der Waals surface area contributed by atoms with Crippen LogP contribution >= 0.6 is 0 Å². The summed E-state index contributed by atoms with van der Waals surface area (Å²) in [5, 5.41) is 9.10. The maximum atomic E-state index is 13.3. The lowest BCUT2D eigenvalue weighted by atomic mass is 9.90. The minimum absolute atomic E-state index is 0.289. The number of hydrogen-bond acceptors (Lipinski definition) is 3. The summed E-state index contributed by atoms with van der Waals surface area (Å²) in [7, 11) is 0. The van der Waals surface area contributed by atoms with Crippen molar-refractivity contribution in [3.05, 3.63) is 35.1 Å². The molecule has 0 spiro atoms. The van der Waals surface area contributed by atoms with E-state index in [-0.39, 0.29) is 5.82 Å². The average Bonchev–Trinajstić information content (AvgIpc) is 2.39. The summed E-state index contributed by atoms with van der Waals surface area (Å²) >= 11 is 0. The fourth-order valence-corrected chi connectivity index (χ4v) is 2.93. The third-order valence-corrected chi connectivity index (χ3v) is 4.03. The fourth-order valence-electron chi connectivity index (χ4n) is 2.93. The zero-order valence-electron chi connectivity index (χ0n) is 11.3. The van der Waals surface area contributed by atoms with Crippen molar-refractivity contribution >= 4 is 0 Å². The van der Waals surface area contributed by atoms with Crippen LogP contribution < -0.4 is 5.73 Å². The summed E-state index contributed by atoms with van der Waals surface area (Å²) in [6, 6.07) is 6.80. The van der Waals surface area contributed by atoms with Crippen molar-refractivity contribution in [1.29, 1.82) is 5.26 Å². The SMILES string of the molecule is CC1CCCN(Cc2cc(F)ccc2C#N)C1CN. The highest BCUT2D eigenvalue weighted by molar-refractivity contribution is 5.37. The van der Waals surface area contributed by atoms with E-state index in [0.29, 0.717) is 30.6 Å². The normalized spacial score (nSPS) is 24.1. The number of benzene rings is 1. The standard InChI is InChI=1S/C15H20FN3/c1-11-3-2-6-19(15(11)9-18)10-13-7-14(16)5-4-12(13)8-17/h4-5,7,11,15H,2-3,6,9-10,18H2,1H3. The van der Waals surface area contributed by atoms with E-state index in [4.69, 9.17) is 11.0 Å². The first-order valence-electron chi connectivity index (χ1n) is 6.78. The van der Waals surface area contributed by atoms with Gasteiger partial charge in [-0.3, -0.25) is 4.90 Å². The van der Waals surface area contributed by atoms with E-state index in [1.165, 1.54) is 18.6 Å². The van der Waals surface area contributed by atoms with Gasteiger partial charge in [0.1, 0.15) is 5.82 Å². The summed E-state index contributed by atoms with van der Waals surface area (Å²) in [5.41, 5.74) is 7.17. The molecule has 0 radical (unpaired) electrons. The second kappa shape index (κ2) is 6.14. The Kier molecular flexibility index (Phi) is 4.52. The van der Waals surface area contributed by atoms with Gasteiger partial charge in [-0.25, -0.2) is 4.39 Å². The van der Waals surface area contributed by atoms with E-state index in [1.807, 2.05) is 0 Å². The molecule has 19 heavy (non-hydrogen) atoms. The highest BCUT2D eigenvalue weighted by atomic mass is 19.1. The Balaban J connectivity index is 2.20. The molecule has 0 bridgehead atoms. The molecule has 2 atom stereocenters. The second-order valence-electron chi connectivity index (χ2n) is 5.31. The van der Waals surface area contributed by atoms with Crippen LogP contribution in [0.4, 0.5) is 4.39 Å². The predicted molar refractivity (Wildman–Crippen MR) is 72.8 cm³/mol. The van der Waals surface area contributed by atoms with Gasteiger partial charge < -0.3 is 5.73 Å². The van der Waals surface area contributed by atoms with Crippen LogP contribution in [0.1, 0.15) is 30.9 Å². The monoisotopic (exact) mass is 261 g/mol. The Hall–Kier alpha value is -1.44. The lowest BCUT2D eigenvalue weighted by molar-refractivity contribution is 0.0989. The first-order chi connectivity index (χ1) is 9.15. The summed E-state index contributed by atoms with van der Waals surface area (Å²) in [6.45, 7) is 4.39. The summed E-state index contributed by atoms with van der Waals surface area (Å²) in [6.07, 6.45) is 2.32. The van der Waals surface area contributed by atoms with Crippen LogP contribution in [0.5, 0.6) is 0 Å². The highest BCUT2D eigenvalue weighted by Crippen LogP contribution is 2.25. The van der Waals surface area contributed by atoms with Gasteiger partial charge in [0.15, 0.2) is 0 Å². The Morgan fingerprint density at radius 2 is 2.32 bits per heavy atom. The first kappa shape index (κ1) is 14.0. The molecule has 1 aliphatic heterocycles. The number of nitrogens with two attached hydrogens (primary N) is 1. The number of likely N-dealkylation sites (tertiary alicyclic amines) is 1. The molecule has 1 aromatic carbocycles. The molecule has 1 fully saturated rings.